The van der Waals surface area contributed by atoms with E-state index >= 15 is 0 Å². The third-order valence-electron chi connectivity index (χ3n) is 2.37. The highest BCUT2D eigenvalue weighted by Gasteiger charge is 2.35. The molecule has 1 fully saturated rings. The lowest BCUT2D eigenvalue weighted by molar-refractivity contribution is -0.127. The molecule has 2 heteroatoms. The van der Waals surface area contributed by atoms with Crippen LogP contribution in [0.3, 0.4) is 0 Å². The summed E-state index contributed by atoms with van der Waals surface area (Å²) in [5.74, 6) is 0. The number of hydrogen-bond donors (Lipinski definition) is 1. The summed E-state index contributed by atoms with van der Waals surface area (Å²) in [7, 11) is 0. The molecule has 0 spiro atoms. The molecule has 2 unspecified atom stereocenters. The molecule has 0 radical (unpaired) electrons. The van der Waals surface area contributed by atoms with Crippen LogP contribution in [0.4, 0.5) is 0 Å². The van der Waals surface area contributed by atoms with Gasteiger partial charge in [-0.3, -0.25) is 0 Å². The number of rotatable bonds is 0. The van der Waals surface area contributed by atoms with Gasteiger partial charge < -0.3 is 9.84 Å². The summed E-state index contributed by atoms with van der Waals surface area (Å²) in [6.07, 6.45) is 0.656. The molecule has 1 saturated heterocycles. The molecule has 1 aliphatic heterocycles. The van der Waals surface area contributed by atoms with Gasteiger partial charge in [0, 0.05) is 6.61 Å². The van der Waals surface area contributed by atoms with Crippen molar-refractivity contribution in [3.63, 3.8) is 0 Å². The molecule has 1 aliphatic rings. The third kappa shape index (κ3) is 1.32. The van der Waals surface area contributed by atoms with E-state index in [-0.39, 0.29) is 17.6 Å². The van der Waals surface area contributed by atoms with Gasteiger partial charge in [0.2, 0.25) is 0 Å². The van der Waals surface area contributed by atoms with Crippen LogP contribution in [0.1, 0.15) is 27.2 Å². The highest BCUT2D eigenvalue weighted by Crippen LogP contribution is 2.32. The van der Waals surface area contributed by atoms with Crippen molar-refractivity contribution >= 4 is 0 Å². The number of aliphatic hydroxyl groups excluding tert-OH is 1. The van der Waals surface area contributed by atoms with E-state index in [0.717, 1.165) is 13.0 Å². The first-order valence-electron chi connectivity index (χ1n) is 3.84. The average molecular weight is 144 g/mol. The number of aliphatic hydroxyl groups is 1. The Morgan fingerprint density at radius 3 is 2.50 bits per heavy atom. The predicted molar refractivity (Wildman–Crippen MR) is 39.8 cm³/mol. The monoisotopic (exact) mass is 144 g/mol. The summed E-state index contributed by atoms with van der Waals surface area (Å²) in [6.45, 7) is 6.87. The fourth-order valence-electron chi connectivity index (χ4n) is 1.38. The van der Waals surface area contributed by atoms with E-state index in [1.165, 1.54) is 0 Å². The molecule has 2 nitrogen and oxygen atoms in total. The van der Waals surface area contributed by atoms with Crippen LogP contribution in [0.2, 0.25) is 0 Å². The second kappa shape index (κ2) is 2.51. The molecule has 1 rings (SSSR count). The second-order valence-corrected chi connectivity index (χ2v) is 3.76. The van der Waals surface area contributed by atoms with Crippen LogP contribution in [0.15, 0.2) is 0 Å². The quantitative estimate of drug-likeness (QED) is 0.553. The van der Waals surface area contributed by atoms with Crippen molar-refractivity contribution in [2.24, 2.45) is 5.41 Å². The van der Waals surface area contributed by atoms with Gasteiger partial charge in [0.1, 0.15) is 0 Å². The van der Waals surface area contributed by atoms with E-state index in [4.69, 9.17) is 4.74 Å². The average Bonchev–Trinajstić information content (AvgIpc) is 1.83. The van der Waals surface area contributed by atoms with Crippen LogP contribution >= 0.6 is 0 Å². The first-order valence-corrected chi connectivity index (χ1v) is 3.84. The lowest BCUT2D eigenvalue weighted by atomic mass is 9.79. The number of hydrogen-bond acceptors (Lipinski definition) is 2. The van der Waals surface area contributed by atoms with E-state index < -0.39 is 0 Å². The van der Waals surface area contributed by atoms with E-state index in [9.17, 15) is 5.11 Å². The van der Waals surface area contributed by atoms with Crippen LogP contribution in [0, 0.1) is 5.41 Å². The summed E-state index contributed by atoms with van der Waals surface area (Å²) in [5, 5.41) is 9.58. The minimum atomic E-state index is -0.304. The maximum Gasteiger partial charge on any atom is 0.0850 e. The first-order chi connectivity index (χ1) is 4.54. The molecule has 0 aromatic carbocycles. The molecule has 1 N–H and O–H groups in total. The molecule has 0 bridgehead atoms. The maximum absolute atomic E-state index is 9.58. The molecule has 0 aromatic heterocycles. The van der Waals surface area contributed by atoms with Gasteiger partial charge in [-0.2, -0.15) is 0 Å². The standard InChI is InChI=1S/C8H16O2/c1-6-7(9)8(2,3)4-5-10-6/h6-7,9H,4-5H2,1-3H3. The van der Waals surface area contributed by atoms with Gasteiger partial charge in [-0.15, -0.1) is 0 Å². The lowest BCUT2D eigenvalue weighted by Crippen LogP contribution is -2.44. The fraction of sp³-hybridized carbons (Fsp3) is 1.00. The van der Waals surface area contributed by atoms with Crippen molar-refractivity contribution in [1.29, 1.82) is 0 Å². The Labute approximate surface area is 62.2 Å². The zero-order chi connectivity index (χ0) is 7.78. The maximum atomic E-state index is 9.58. The molecule has 1 heterocycles. The fourth-order valence-corrected chi connectivity index (χ4v) is 1.38. The van der Waals surface area contributed by atoms with Crippen LogP contribution in [-0.4, -0.2) is 23.9 Å². The molecule has 0 amide bonds. The molecule has 0 aromatic rings. The zero-order valence-electron chi connectivity index (χ0n) is 6.92. The highest BCUT2D eigenvalue weighted by molar-refractivity contribution is 4.85. The SMILES string of the molecule is CC1OCCC(C)(C)C1O. The Hall–Kier alpha value is -0.0800. The van der Waals surface area contributed by atoms with Gasteiger partial charge in [-0.1, -0.05) is 13.8 Å². The van der Waals surface area contributed by atoms with E-state index in [1.807, 2.05) is 6.92 Å². The van der Waals surface area contributed by atoms with Gasteiger partial charge >= 0.3 is 0 Å². The summed E-state index contributed by atoms with van der Waals surface area (Å²) >= 11 is 0. The third-order valence-corrected chi connectivity index (χ3v) is 2.37. The highest BCUT2D eigenvalue weighted by atomic mass is 16.5. The minimum Gasteiger partial charge on any atom is -0.390 e. The van der Waals surface area contributed by atoms with Gasteiger partial charge in [0.15, 0.2) is 0 Å². The Kier molecular flexibility index (Phi) is 2.02. The van der Waals surface area contributed by atoms with Crippen molar-refractivity contribution in [2.45, 2.75) is 39.4 Å². The summed E-state index contributed by atoms with van der Waals surface area (Å²) < 4.78 is 5.28. The van der Waals surface area contributed by atoms with Gasteiger partial charge in [0.25, 0.3) is 0 Å². The molecule has 0 aliphatic carbocycles. The molecule has 0 saturated carbocycles. The molecule has 10 heavy (non-hydrogen) atoms. The van der Waals surface area contributed by atoms with E-state index in [1.54, 1.807) is 0 Å². The summed E-state index contributed by atoms with van der Waals surface area (Å²) in [4.78, 5) is 0. The normalized spacial score (nSPS) is 39.6. The Bertz CT molecular complexity index is 120. The van der Waals surface area contributed by atoms with Crippen LogP contribution in [-0.2, 0) is 4.74 Å². The smallest absolute Gasteiger partial charge is 0.0850 e. The van der Waals surface area contributed by atoms with Crippen LogP contribution < -0.4 is 0 Å². The topological polar surface area (TPSA) is 29.5 Å². The summed E-state index contributed by atoms with van der Waals surface area (Å²) in [5.41, 5.74) is 0.0394. The molecule has 2 atom stereocenters. The largest absolute Gasteiger partial charge is 0.390 e. The van der Waals surface area contributed by atoms with Crippen molar-refractivity contribution in [3.05, 3.63) is 0 Å². The Morgan fingerprint density at radius 1 is 1.50 bits per heavy atom. The Balaban J connectivity index is 2.60. The van der Waals surface area contributed by atoms with Crippen molar-refractivity contribution in [1.82, 2.24) is 0 Å². The van der Waals surface area contributed by atoms with Crippen molar-refractivity contribution < 1.29 is 9.84 Å². The lowest BCUT2D eigenvalue weighted by Gasteiger charge is -2.39. The Morgan fingerprint density at radius 2 is 2.10 bits per heavy atom. The molecular formula is C8H16O2. The van der Waals surface area contributed by atoms with Crippen molar-refractivity contribution in [3.8, 4) is 0 Å². The van der Waals surface area contributed by atoms with Crippen LogP contribution in [0.5, 0.6) is 0 Å². The summed E-state index contributed by atoms with van der Waals surface area (Å²) in [6, 6.07) is 0. The number of ether oxygens (including phenoxy) is 1. The molecular weight excluding hydrogens is 128 g/mol. The zero-order valence-corrected chi connectivity index (χ0v) is 6.92. The second-order valence-electron chi connectivity index (χ2n) is 3.76. The van der Waals surface area contributed by atoms with Crippen LogP contribution in [0.25, 0.3) is 0 Å². The molecule has 60 valence electrons. The van der Waals surface area contributed by atoms with Gasteiger partial charge in [-0.25, -0.2) is 0 Å². The first kappa shape index (κ1) is 8.02. The van der Waals surface area contributed by atoms with Gasteiger partial charge in [-0.05, 0) is 18.8 Å². The van der Waals surface area contributed by atoms with E-state index in [0.29, 0.717) is 0 Å². The van der Waals surface area contributed by atoms with Crippen molar-refractivity contribution in [2.75, 3.05) is 6.61 Å². The van der Waals surface area contributed by atoms with Gasteiger partial charge in [0.05, 0.1) is 12.2 Å². The van der Waals surface area contributed by atoms with E-state index in [2.05, 4.69) is 13.8 Å². The minimum absolute atomic E-state index is 0.00347. The predicted octanol–water partition coefficient (Wildman–Crippen LogP) is 1.18.